The lowest BCUT2D eigenvalue weighted by Gasteiger charge is -2.41. The van der Waals surface area contributed by atoms with Gasteiger partial charge in [-0.15, -0.1) is 0 Å². The smallest absolute Gasteiger partial charge is 0.139 e. The first-order valence-electron chi connectivity index (χ1n) is 13.0. The van der Waals surface area contributed by atoms with Crippen LogP contribution >= 0.6 is 0 Å². The van der Waals surface area contributed by atoms with Crippen LogP contribution in [0.15, 0.2) is 42.3 Å². The number of aromatic amines is 1. The molecule has 2 fully saturated rings. The molecule has 190 valence electrons. The maximum absolute atomic E-state index is 6.64. The molecule has 5 rings (SSSR count). The second kappa shape index (κ2) is 9.04. The summed E-state index contributed by atoms with van der Waals surface area (Å²) in [5.74, 6) is 1.38. The van der Waals surface area contributed by atoms with Crippen LogP contribution in [0.25, 0.3) is 16.7 Å². The maximum Gasteiger partial charge on any atom is 0.139 e. The van der Waals surface area contributed by atoms with Crippen molar-refractivity contribution in [2.24, 2.45) is 4.99 Å². The van der Waals surface area contributed by atoms with Crippen LogP contribution in [-0.4, -0.2) is 50.9 Å². The van der Waals surface area contributed by atoms with Crippen molar-refractivity contribution >= 4 is 28.3 Å². The Kier molecular flexibility index (Phi) is 6.15. The van der Waals surface area contributed by atoms with E-state index in [9.17, 15) is 0 Å². The fourth-order valence-corrected chi connectivity index (χ4v) is 5.26. The summed E-state index contributed by atoms with van der Waals surface area (Å²) in [6.07, 6.45) is 9.17. The van der Waals surface area contributed by atoms with Crippen LogP contribution in [0.4, 0.5) is 5.69 Å². The number of hydrogen-bond donors (Lipinski definition) is 3. The topological polar surface area (TPSA) is 95.2 Å². The number of pyridine rings is 2. The van der Waals surface area contributed by atoms with E-state index < -0.39 is 0 Å². The summed E-state index contributed by atoms with van der Waals surface area (Å²) in [5.41, 5.74) is 13.2. The number of nitrogen functional groups attached to an aromatic ring is 1. The number of aliphatic imine (C=N–C) groups is 1. The molecule has 0 spiro atoms. The lowest BCUT2D eigenvalue weighted by atomic mass is 9.78. The van der Waals surface area contributed by atoms with Crippen molar-refractivity contribution in [1.29, 1.82) is 0 Å². The normalized spacial score (nSPS) is 18.9. The molecule has 3 aromatic heterocycles. The van der Waals surface area contributed by atoms with E-state index in [2.05, 4.69) is 72.4 Å². The van der Waals surface area contributed by atoms with E-state index in [0.29, 0.717) is 17.3 Å². The average Bonchev–Trinajstić information content (AvgIpc) is 3.21. The van der Waals surface area contributed by atoms with Crippen molar-refractivity contribution in [3.05, 3.63) is 59.7 Å². The zero-order valence-corrected chi connectivity index (χ0v) is 22.3. The van der Waals surface area contributed by atoms with Gasteiger partial charge in [-0.2, -0.15) is 0 Å². The van der Waals surface area contributed by atoms with E-state index in [4.69, 9.17) is 10.7 Å². The molecule has 1 saturated heterocycles. The molecule has 0 bridgehead atoms. The van der Waals surface area contributed by atoms with Crippen LogP contribution in [0.1, 0.15) is 82.2 Å². The van der Waals surface area contributed by atoms with Gasteiger partial charge in [-0.1, -0.05) is 33.8 Å². The number of rotatable bonds is 4. The molecule has 4 N–H and O–H groups in total. The highest BCUT2D eigenvalue weighted by atomic mass is 15.3. The van der Waals surface area contributed by atoms with E-state index in [0.717, 1.165) is 53.3 Å². The Hall–Kier alpha value is -3.19. The molecular formula is C29H39N7. The Bertz CT molecular complexity index is 1320. The van der Waals surface area contributed by atoms with Crippen LogP contribution < -0.4 is 11.1 Å². The average molecular weight is 486 g/mol. The van der Waals surface area contributed by atoms with Crippen molar-refractivity contribution in [3.8, 4) is 0 Å². The summed E-state index contributed by atoms with van der Waals surface area (Å²) >= 11 is 0. The van der Waals surface area contributed by atoms with Gasteiger partial charge >= 0.3 is 0 Å². The van der Waals surface area contributed by atoms with Crippen LogP contribution in [0, 0.1) is 0 Å². The second-order valence-corrected chi connectivity index (χ2v) is 12.0. The van der Waals surface area contributed by atoms with Crippen molar-refractivity contribution in [3.63, 3.8) is 0 Å². The van der Waals surface area contributed by atoms with Crippen molar-refractivity contribution in [1.82, 2.24) is 25.2 Å². The molecule has 1 saturated carbocycles. The first kappa shape index (κ1) is 24.5. The first-order chi connectivity index (χ1) is 17.0. The number of nitrogens with zero attached hydrogens (tertiary/aromatic N) is 4. The van der Waals surface area contributed by atoms with Gasteiger partial charge < -0.3 is 20.9 Å². The van der Waals surface area contributed by atoms with Gasteiger partial charge in [-0.05, 0) is 50.3 Å². The van der Waals surface area contributed by atoms with Crippen molar-refractivity contribution in [2.45, 2.75) is 70.8 Å². The Labute approximate surface area is 214 Å². The largest absolute Gasteiger partial charge is 0.397 e. The number of aromatic nitrogens is 3. The van der Waals surface area contributed by atoms with Gasteiger partial charge in [-0.25, -0.2) is 9.98 Å². The highest BCUT2D eigenvalue weighted by molar-refractivity contribution is 6.07. The SMILES string of the molecule is C=C(/N=C(\c1c(N)cncc1C1CCC1)N1CCNC(C)(C)C1)c1ccnc2[nH]c(C(C)(C)C)cc12. The number of H-pyrrole nitrogens is 1. The molecule has 1 aliphatic carbocycles. The third-order valence-corrected chi connectivity index (χ3v) is 7.54. The van der Waals surface area contributed by atoms with Gasteiger partial charge in [0, 0.05) is 65.2 Å². The Morgan fingerprint density at radius 1 is 1.25 bits per heavy atom. The maximum atomic E-state index is 6.64. The molecule has 2 aliphatic rings. The number of piperazine rings is 1. The monoisotopic (exact) mass is 485 g/mol. The molecule has 0 atom stereocenters. The second-order valence-electron chi connectivity index (χ2n) is 12.0. The zero-order chi connectivity index (χ0) is 25.7. The molecule has 0 unspecified atom stereocenters. The molecule has 4 heterocycles. The number of anilines is 1. The van der Waals surface area contributed by atoms with E-state index in [1.165, 1.54) is 24.8 Å². The molecule has 0 aromatic carbocycles. The summed E-state index contributed by atoms with van der Waals surface area (Å²) in [7, 11) is 0. The highest BCUT2D eigenvalue weighted by Crippen LogP contribution is 2.40. The van der Waals surface area contributed by atoms with Gasteiger partial charge in [0.25, 0.3) is 0 Å². The zero-order valence-electron chi connectivity index (χ0n) is 22.3. The predicted molar refractivity (Wildman–Crippen MR) is 149 cm³/mol. The van der Waals surface area contributed by atoms with Crippen LogP contribution in [0.3, 0.4) is 0 Å². The van der Waals surface area contributed by atoms with E-state index in [1.54, 1.807) is 6.20 Å². The Morgan fingerprint density at radius 3 is 2.69 bits per heavy atom. The minimum atomic E-state index is -0.0367. The van der Waals surface area contributed by atoms with Gasteiger partial charge in [0.15, 0.2) is 0 Å². The first-order valence-corrected chi connectivity index (χ1v) is 13.0. The summed E-state index contributed by atoms with van der Waals surface area (Å²) in [6.45, 7) is 18.1. The van der Waals surface area contributed by atoms with E-state index in [-0.39, 0.29) is 11.0 Å². The van der Waals surface area contributed by atoms with Gasteiger partial charge in [-0.3, -0.25) is 4.98 Å². The Balaban J connectivity index is 1.64. The minimum Gasteiger partial charge on any atom is -0.397 e. The fraction of sp³-hybridized carbons (Fsp3) is 0.483. The van der Waals surface area contributed by atoms with Gasteiger partial charge in [0.2, 0.25) is 0 Å². The van der Waals surface area contributed by atoms with Crippen LogP contribution in [-0.2, 0) is 5.41 Å². The van der Waals surface area contributed by atoms with Gasteiger partial charge in [0.1, 0.15) is 11.5 Å². The molecule has 7 heteroatoms. The van der Waals surface area contributed by atoms with Gasteiger partial charge in [0.05, 0.1) is 17.6 Å². The third-order valence-electron chi connectivity index (χ3n) is 7.54. The van der Waals surface area contributed by atoms with Crippen LogP contribution in [0.2, 0.25) is 0 Å². The van der Waals surface area contributed by atoms with E-state index >= 15 is 0 Å². The molecule has 7 nitrogen and oxygen atoms in total. The standard InChI is InChI=1S/C29H39N7/c1-18(20-10-11-32-26-21(20)14-24(35-26)28(2,3)4)34-27(36-13-12-33-29(5,6)17-36)25-22(19-8-7-9-19)15-31-16-23(25)30/h10-11,14-16,19,33H,1,7-9,12-13,17,30H2,2-6H3,(H,32,35)/b34-27+. The molecule has 3 aromatic rings. The minimum absolute atomic E-state index is 0.0106. The highest BCUT2D eigenvalue weighted by Gasteiger charge is 2.32. The molecule has 0 amide bonds. The summed E-state index contributed by atoms with van der Waals surface area (Å²) in [5, 5.41) is 4.66. The molecule has 1 aliphatic heterocycles. The van der Waals surface area contributed by atoms with Crippen molar-refractivity contribution in [2.75, 3.05) is 25.4 Å². The quantitative estimate of drug-likeness (QED) is 0.348. The summed E-state index contributed by atoms with van der Waals surface area (Å²) in [6, 6.07) is 4.20. The Morgan fingerprint density at radius 2 is 2.03 bits per heavy atom. The predicted octanol–water partition coefficient (Wildman–Crippen LogP) is 5.21. The number of hydrogen-bond acceptors (Lipinski definition) is 5. The molecular weight excluding hydrogens is 446 g/mol. The number of nitrogens with two attached hydrogens (primary N) is 1. The lowest BCUT2D eigenvalue weighted by Crippen LogP contribution is -2.58. The molecule has 0 radical (unpaired) electrons. The third kappa shape index (κ3) is 4.64. The summed E-state index contributed by atoms with van der Waals surface area (Å²) in [4.78, 5) is 20.2. The lowest BCUT2D eigenvalue weighted by molar-refractivity contribution is 0.226. The number of fused-ring (bicyclic) bond motifs is 1. The number of amidine groups is 1. The van der Waals surface area contributed by atoms with Crippen LogP contribution in [0.5, 0.6) is 0 Å². The van der Waals surface area contributed by atoms with Crippen molar-refractivity contribution < 1.29 is 0 Å². The number of nitrogens with one attached hydrogen (secondary N) is 2. The molecule has 36 heavy (non-hydrogen) atoms. The fourth-order valence-electron chi connectivity index (χ4n) is 5.26. The summed E-state index contributed by atoms with van der Waals surface area (Å²) < 4.78 is 0. The van der Waals surface area contributed by atoms with E-state index in [1.807, 2.05) is 18.5 Å².